The Labute approximate surface area is 143 Å². The predicted octanol–water partition coefficient (Wildman–Crippen LogP) is 2.52. The molecule has 0 saturated heterocycles. The third kappa shape index (κ3) is 5.16. The molecule has 2 rings (SSSR count). The zero-order valence-corrected chi connectivity index (χ0v) is 14.8. The number of aromatic nitrogens is 2. The Morgan fingerprint density at radius 3 is 2.54 bits per heavy atom. The lowest BCUT2D eigenvalue weighted by Gasteiger charge is -2.10. The summed E-state index contributed by atoms with van der Waals surface area (Å²) in [7, 11) is 1.87. The van der Waals surface area contributed by atoms with Gasteiger partial charge in [0, 0.05) is 31.0 Å². The molecule has 6 nitrogen and oxygen atoms in total. The molecule has 0 saturated carbocycles. The van der Waals surface area contributed by atoms with E-state index in [4.69, 9.17) is 4.52 Å². The molecule has 1 unspecified atom stereocenters. The molecule has 130 valence electrons. The smallest absolute Gasteiger partial charge is 0.227 e. The molecular formula is C18H26N4O2. The van der Waals surface area contributed by atoms with Crippen molar-refractivity contribution in [2.75, 3.05) is 13.6 Å². The van der Waals surface area contributed by atoms with Crippen LogP contribution < -0.4 is 10.6 Å². The molecule has 2 aromatic rings. The fraction of sp³-hybridized carbons (Fsp3) is 0.500. The summed E-state index contributed by atoms with van der Waals surface area (Å²) < 4.78 is 5.24. The third-order valence-electron chi connectivity index (χ3n) is 3.97. The van der Waals surface area contributed by atoms with Crippen molar-refractivity contribution < 1.29 is 9.32 Å². The standard InChI is InChI=1S/C18H26N4O2/c1-12(2)14-5-7-15(8-6-14)18-21-17(24-22-18)10-9-16(23)20-11-13(3)19-4/h5-8,12-13,19H,9-11H2,1-4H3,(H,20,23). The Balaban J connectivity index is 1.87. The molecule has 24 heavy (non-hydrogen) atoms. The average molecular weight is 330 g/mol. The fourth-order valence-electron chi connectivity index (χ4n) is 2.17. The van der Waals surface area contributed by atoms with Crippen molar-refractivity contribution in [2.45, 2.75) is 45.6 Å². The van der Waals surface area contributed by atoms with Gasteiger partial charge in [0.2, 0.25) is 17.6 Å². The maximum atomic E-state index is 11.8. The number of nitrogens with one attached hydrogen (secondary N) is 2. The minimum atomic E-state index is -0.0156. The van der Waals surface area contributed by atoms with Gasteiger partial charge in [0.1, 0.15) is 0 Å². The van der Waals surface area contributed by atoms with Gasteiger partial charge >= 0.3 is 0 Å². The molecule has 0 aliphatic heterocycles. The number of rotatable bonds is 8. The summed E-state index contributed by atoms with van der Waals surface area (Å²) in [6.07, 6.45) is 0.779. The molecule has 2 N–H and O–H groups in total. The van der Waals surface area contributed by atoms with Gasteiger partial charge in [-0.05, 0) is 25.5 Å². The number of carbonyl (C=O) groups excluding carboxylic acids is 1. The second-order valence-electron chi connectivity index (χ2n) is 6.28. The first kappa shape index (κ1) is 18.1. The van der Waals surface area contributed by atoms with E-state index < -0.39 is 0 Å². The van der Waals surface area contributed by atoms with Crippen LogP contribution in [-0.4, -0.2) is 35.7 Å². The summed E-state index contributed by atoms with van der Waals surface area (Å²) in [5, 5.41) is 9.94. The summed E-state index contributed by atoms with van der Waals surface area (Å²) >= 11 is 0. The van der Waals surface area contributed by atoms with Gasteiger partial charge in [0.25, 0.3) is 0 Å². The van der Waals surface area contributed by atoms with E-state index in [-0.39, 0.29) is 11.9 Å². The van der Waals surface area contributed by atoms with Gasteiger partial charge in [0.15, 0.2) is 0 Å². The summed E-state index contributed by atoms with van der Waals surface area (Å²) in [6, 6.07) is 8.39. The summed E-state index contributed by atoms with van der Waals surface area (Å²) in [5.74, 6) is 1.52. The summed E-state index contributed by atoms with van der Waals surface area (Å²) in [6.45, 7) is 6.93. The van der Waals surface area contributed by atoms with Crippen LogP contribution in [0, 0.1) is 0 Å². The van der Waals surface area contributed by atoms with Gasteiger partial charge in [-0.1, -0.05) is 43.3 Å². The molecule has 0 fully saturated rings. The molecule has 1 amide bonds. The lowest BCUT2D eigenvalue weighted by atomic mass is 10.0. The maximum Gasteiger partial charge on any atom is 0.227 e. The summed E-state index contributed by atoms with van der Waals surface area (Å²) in [5.41, 5.74) is 2.19. The van der Waals surface area contributed by atoms with Gasteiger partial charge < -0.3 is 15.2 Å². The molecule has 0 spiro atoms. The van der Waals surface area contributed by atoms with Crippen LogP contribution in [0.15, 0.2) is 28.8 Å². The van der Waals surface area contributed by atoms with Crippen molar-refractivity contribution in [1.82, 2.24) is 20.8 Å². The van der Waals surface area contributed by atoms with Crippen LogP contribution in [0.3, 0.4) is 0 Å². The second-order valence-corrected chi connectivity index (χ2v) is 6.28. The SMILES string of the molecule is CNC(C)CNC(=O)CCc1nc(-c2ccc(C(C)C)cc2)no1. The van der Waals surface area contributed by atoms with E-state index >= 15 is 0 Å². The topological polar surface area (TPSA) is 80.0 Å². The van der Waals surface area contributed by atoms with Crippen molar-refractivity contribution >= 4 is 5.91 Å². The van der Waals surface area contributed by atoms with Crippen LogP contribution in [0.1, 0.15) is 44.6 Å². The monoisotopic (exact) mass is 330 g/mol. The summed E-state index contributed by atoms with van der Waals surface area (Å²) in [4.78, 5) is 16.2. The van der Waals surface area contributed by atoms with E-state index in [1.165, 1.54) is 5.56 Å². The van der Waals surface area contributed by atoms with Crippen molar-refractivity contribution in [3.63, 3.8) is 0 Å². The minimum absolute atomic E-state index is 0.0156. The third-order valence-corrected chi connectivity index (χ3v) is 3.97. The van der Waals surface area contributed by atoms with Crippen molar-refractivity contribution in [3.05, 3.63) is 35.7 Å². The number of likely N-dealkylation sites (N-methyl/N-ethyl adjacent to an activating group) is 1. The van der Waals surface area contributed by atoms with Gasteiger partial charge in [-0.2, -0.15) is 4.98 Å². The Morgan fingerprint density at radius 1 is 1.21 bits per heavy atom. The van der Waals surface area contributed by atoms with Crippen LogP contribution in [-0.2, 0) is 11.2 Å². The van der Waals surface area contributed by atoms with Crippen molar-refractivity contribution in [2.24, 2.45) is 0 Å². The normalized spacial score (nSPS) is 12.4. The van der Waals surface area contributed by atoms with E-state index in [1.54, 1.807) is 0 Å². The average Bonchev–Trinajstić information content (AvgIpc) is 3.06. The zero-order chi connectivity index (χ0) is 17.5. The van der Waals surface area contributed by atoms with Crippen LogP contribution in [0.4, 0.5) is 0 Å². The number of hydrogen-bond donors (Lipinski definition) is 2. The Morgan fingerprint density at radius 2 is 1.92 bits per heavy atom. The predicted molar refractivity (Wildman–Crippen MR) is 93.7 cm³/mol. The van der Waals surface area contributed by atoms with E-state index in [2.05, 4.69) is 46.8 Å². The lowest BCUT2D eigenvalue weighted by Crippen LogP contribution is -2.37. The first-order chi connectivity index (χ1) is 11.5. The van der Waals surface area contributed by atoms with E-state index in [0.717, 1.165) is 5.56 Å². The molecule has 1 heterocycles. The van der Waals surface area contributed by atoms with Crippen molar-refractivity contribution in [1.29, 1.82) is 0 Å². The fourth-order valence-corrected chi connectivity index (χ4v) is 2.17. The highest BCUT2D eigenvalue weighted by Crippen LogP contribution is 2.20. The highest BCUT2D eigenvalue weighted by molar-refractivity contribution is 5.76. The van der Waals surface area contributed by atoms with Crippen LogP contribution in [0.25, 0.3) is 11.4 Å². The second kappa shape index (κ2) is 8.59. The highest BCUT2D eigenvalue weighted by atomic mass is 16.5. The molecule has 0 aliphatic rings. The number of nitrogens with zero attached hydrogens (tertiary/aromatic N) is 2. The Kier molecular flexibility index (Phi) is 6.49. The van der Waals surface area contributed by atoms with Gasteiger partial charge in [-0.25, -0.2) is 0 Å². The van der Waals surface area contributed by atoms with Crippen LogP contribution in [0.2, 0.25) is 0 Å². The van der Waals surface area contributed by atoms with Gasteiger partial charge in [-0.15, -0.1) is 0 Å². The number of amides is 1. The molecule has 0 bridgehead atoms. The van der Waals surface area contributed by atoms with E-state index in [0.29, 0.717) is 37.0 Å². The highest BCUT2D eigenvalue weighted by Gasteiger charge is 2.11. The number of aryl methyl sites for hydroxylation is 1. The van der Waals surface area contributed by atoms with Crippen LogP contribution in [0.5, 0.6) is 0 Å². The number of benzene rings is 1. The van der Waals surface area contributed by atoms with E-state index in [1.807, 2.05) is 26.1 Å². The Hall–Kier alpha value is -2.21. The zero-order valence-electron chi connectivity index (χ0n) is 14.8. The van der Waals surface area contributed by atoms with Crippen molar-refractivity contribution in [3.8, 4) is 11.4 Å². The first-order valence-electron chi connectivity index (χ1n) is 8.36. The van der Waals surface area contributed by atoms with E-state index in [9.17, 15) is 4.79 Å². The quantitative estimate of drug-likeness (QED) is 0.777. The van der Waals surface area contributed by atoms with Gasteiger partial charge in [-0.3, -0.25) is 4.79 Å². The van der Waals surface area contributed by atoms with Crippen LogP contribution >= 0.6 is 0 Å². The maximum absolute atomic E-state index is 11.8. The molecule has 6 heteroatoms. The van der Waals surface area contributed by atoms with Gasteiger partial charge in [0.05, 0.1) is 0 Å². The first-order valence-corrected chi connectivity index (χ1v) is 8.36. The number of hydrogen-bond acceptors (Lipinski definition) is 5. The molecule has 1 aromatic carbocycles. The lowest BCUT2D eigenvalue weighted by molar-refractivity contribution is -0.121. The molecule has 0 aliphatic carbocycles. The molecule has 0 radical (unpaired) electrons. The molecular weight excluding hydrogens is 304 g/mol. The minimum Gasteiger partial charge on any atom is -0.355 e. The molecule has 1 aromatic heterocycles. The number of carbonyl (C=O) groups is 1. The Bertz CT molecular complexity index is 649. The largest absolute Gasteiger partial charge is 0.355 e. The molecule has 1 atom stereocenters.